The van der Waals surface area contributed by atoms with Crippen LogP contribution in [0.1, 0.15) is 31.9 Å². The second kappa shape index (κ2) is 6.30. The average Bonchev–Trinajstić information content (AvgIpc) is 2.90. The molecule has 0 bridgehead atoms. The van der Waals surface area contributed by atoms with Gasteiger partial charge in [0.2, 0.25) is 5.88 Å². The molecule has 116 valence electrons. The predicted molar refractivity (Wildman–Crippen MR) is 83.5 cm³/mol. The quantitative estimate of drug-likeness (QED) is 0.865. The van der Waals surface area contributed by atoms with Crippen LogP contribution in [0.2, 0.25) is 0 Å². The fraction of sp³-hybridized carbons (Fsp3) is 0.412. The van der Waals surface area contributed by atoms with Crippen molar-refractivity contribution in [3.63, 3.8) is 0 Å². The SMILES string of the molecule is CCOc1cc(N2CC(C)CC2c2cccc(F)c2)ncn1. The summed E-state index contributed by atoms with van der Waals surface area (Å²) >= 11 is 0. The summed E-state index contributed by atoms with van der Waals surface area (Å²) in [5, 5.41) is 0. The molecule has 0 radical (unpaired) electrons. The van der Waals surface area contributed by atoms with Gasteiger partial charge in [-0.1, -0.05) is 19.1 Å². The van der Waals surface area contributed by atoms with Crippen LogP contribution in [0.15, 0.2) is 36.7 Å². The Balaban J connectivity index is 1.92. The summed E-state index contributed by atoms with van der Waals surface area (Å²) in [5.74, 6) is 1.73. The molecule has 1 saturated heterocycles. The van der Waals surface area contributed by atoms with Gasteiger partial charge >= 0.3 is 0 Å². The molecule has 1 aliphatic rings. The molecule has 5 heteroatoms. The lowest BCUT2D eigenvalue weighted by molar-refractivity contribution is 0.326. The van der Waals surface area contributed by atoms with Crippen molar-refractivity contribution >= 4 is 5.82 Å². The van der Waals surface area contributed by atoms with Crippen molar-refractivity contribution in [2.45, 2.75) is 26.3 Å². The lowest BCUT2D eigenvalue weighted by Gasteiger charge is -2.26. The van der Waals surface area contributed by atoms with E-state index in [1.807, 2.05) is 19.1 Å². The van der Waals surface area contributed by atoms with E-state index < -0.39 is 0 Å². The van der Waals surface area contributed by atoms with E-state index in [4.69, 9.17) is 4.74 Å². The van der Waals surface area contributed by atoms with Crippen LogP contribution >= 0.6 is 0 Å². The van der Waals surface area contributed by atoms with E-state index in [1.54, 1.807) is 12.1 Å². The van der Waals surface area contributed by atoms with Crippen molar-refractivity contribution in [2.24, 2.45) is 5.92 Å². The van der Waals surface area contributed by atoms with Crippen LogP contribution in [-0.2, 0) is 0 Å². The fourth-order valence-corrected chi connectivity index (χ4v) is 3.04. The normalized spacial score (nSPS) is 21.1. The van der Waals surface area contributed by atoms with Gasteiger partial charge in [0.25, 0.3) is 0 Å². The average molecular weight is 301 g/mol. The monoisotopic (exact) mass is 301 g/mol. The third-order valence-corrected chi connectivity index (χ3v) is 3.96. The lowest BCUT2D eigenvalue weighted by atomic mass is 10.0. The number of nitrogens with zero attached hydrogens (tertiary/aromatic N) is 3. The second-order valence-corrected chi connectivity index (χ2v) is 5.71. The van der Waals surface area contributed by atoms with Crippen molar-refractivity contribution in [3.05, 3.63) is 48.0 Å². The molecule has 2 atom stereocenters. The first kappa shape index (κ1) is 14.8. The minimum Gasteiger partial charge on any atom is -0.478 e. The number of anilines is 1. The van der Waals surface area contributed by atoms with Crippen molar-refractivity contribution in [1.82, 2.24) is 9.97 Å². The van der Waals surface area contributed by atoms with Gasteiger partial charge in [-0.05, 0) is 37.0 Å². The Labute approximate surface area is 130 Å². The number of aromatic nitrogens is 2. The third-order valence-electron chi connectivity index (χ3n) is 3.96. The summed E-state index contributed by atoms with van der Waals surface area (Å²) in [6.45, 7) is 5.59. The van der Waals surface area contributed by atoms with Crippen LogP contribution in [0.4, 0.5) is 10.2 Å². The molecule has 4 nitrogen and oxygen atoms in total. The summed E-state index contributed by atoms with van der Waals surface area (Å²) in [7, 11) is 0. The van der Waals surface area contributed by atoms with E-state index in [1.165, 1.54) is 12.4 Å². The van der Waals surface area contributed by atoms with Crippen LogP contribution in [0.5, 0.6) is 5.88 Å². The molecule has 22 heavy (non-hydrogen) atoms. The molecule has 1 aromatic heterocycles. The maximum absolute atomic E-state index is 13.5. The summed E-state index contributed by atoms with van der Waals surface area (Å²) < 4.78 is 19.0. The van der Waals surface area contributed by atoms with E-state index in [-0.39, 0.29) is 11.9 Å². The molecule has 0 spiro atoms. The molecule has 1 aliphatic heterocycles. The molecule has 0 N–H and O–H groups in total. The van der Waals surface area contributed by atoms with E-state index in [2.05, 4.69) is 21.8 Å². The number of rotatable bonds is 4. The highest BCUT2D eigenvalue weighted by Crippen LogP contribution is 2.38. The molecule has 0 saturated carbocycles. The Hall–Kier alpha value is -2.17. The highest BCUT2D eigenvalue weighted by atomic mass is 19.1. The molecule has 3 rings (SSSR count). The molecule has 1 aromatic carbocycles. The van der Waals surface area contributed by atoms with E-state index in [9.17, 15) is 4.39 Å². The third kappa shape index (κ3) is 3.03. The largest absolute Gasteiger partial charge is 0.478 e. The maximum Gasteiger partial charge on any atom is 0.218 e. The Morgan fingerprint density at radius 1 is 1.32 bits per heavy atom. The van der Waals surface area contributed by atoms with E-state index in [0.717, 1.165) is 24.3 Å². The topological polar surface area (TPSA) is 38.2 Å². The Morgan fingerprint density at radius 2 is 2.18 bits per heavy atom. The van der Waals surface area contributed by atoms with Crippen LogP contribution < -0.4 is 9.64 Å². The molecule has 2 aromatic rings. The zero-order valence-corrected chi connectivity index (χ0v) is 12.9. The number of hydrogen-bond donors (Lipinski definition) is 0. The lowest BCUT2D eigenvalue weighted by Crippen LogP contribution is -2.24. The standard InChI is InChI=1S/C17H20FN3O/c1-3-22-17-9-16(19-11-20-17)21-10-12(2)7-15(21)13-5-4-6-14(18)8-13/h4-6,8-9,11-12,15H,3,7,10H2,1-2H3. The molecule has 1 fully saturated rings. The highest BCUT2D eigenvalue weighted by molar-refractivity contribution is 5.46. The first-order valence-electron chi connectivity index (χ1n) is 7.64. The summed E-state index contributed by atoms with van der Waals surface area (Å²) in [6.07, 6.45) is 2.50. The van der Waals surface area contributed by atoms with Crippen LogP contribution in [0.25, 0.3) is 0 Å². The highest BCUT2D eigenvalue weighted by Gasteiger charge is 2.32. The maximum atomic E-state index is 13.5. The van der Waals surface area contributed by atoms with Gasteiger partial charge in [0.1, 0.15) is 18.0 Å². The van der Waals surface area contributed by atoms with Gasteiger partial charge in [-0.2, -0.15) is 0 Å². The van der Waals surface area contributed by atoms with Gasteiger partial charge in [-0.25, -0.2) is 14.4 Å². The van der Waals surface area contributed by atoms with Gasteiger partial charge in [0.15, 0.2) is 0 Å². The van der Waals surface area contributed by atoms with Gasteiger partial charge in [0, 0.05) is 12.6 Å². The van der Waals surface area contributed by atoms with E-state index >= 15 is 0 Å². The van der Waals surface area contributed by atoms with Gasteiger partial charge in [-0.15, -0.1) is 0 Å². The van der Waals surface area contributed by atoms with Crippen LogP contribution in [-0.4, -0.2) is 23.1 Å². The fourth-order valence-electron chi connectivity index (χ4n) is 3.04. The van der Waals surface area contributed by atoms with Crippen LogP contribution in [0, 0.1) is 11.7 Å². The number of halogens is 1. The number of ether oxygens (including phenoxy) is 1. The summed E-state index contributed by atoms with van der Waals surface area (Å²) in [6, 6.07) is 8.81. The molecule has 0 amide bonds. The zero-order chi connectivity index (χ0) is 15.5. The van der Waals surface area contributed by atoms with Gasteiger partial charge < -0.3 is 9.64 Å². The first-order chi connectivity index (χ1) is 10.7. The van der Waals surface area contributed by atoms with Crippen molar-refractivity contribution in [1.29, 1.82) is 0 Å². The van der Waals surface area contributed by atoms with E-state index in [0.29, 0.717) is 18.4 Å². The van der Waals surface area contributed by atoms with Gasteiger partial charge in [0.05, 0.1) is 12.6 Å². The van der Waals surface area contributed by atoms with Crippen molar-refractivity contribution in [2.75, 3.05) is 18.1 Å². The molecular formula is C17H20FN3O. The molecule has 2 heterocycles. The van der Waals surface area contributed by atoms with Gasteiger partial charge in [-0.3, -0.25) is 0 Å². The summed E-state index contributed by atoms with van der Waals surface area (Å²) in [4.78, 5) is 10.7. The number of benzene rings is 1. The molecular weight excluding hydrogens is 281 g/mol. The first-order valence-corrected chi connectivity index (χ1v) is 7.64. The Morgan fingerprint density at radius 3 is 2.95 bits per heavy atom. The van der Waals surface area contributed by atoms with Crippen molar-refractivity contribution in [3.8, 4) is 5.88 Å². The zero-order valence-electron chi connectivity index (χ0n) is 12.9. The van der Waals surface area contributed by atoms with Crippen LogP contribution in [0.3, 0.4) is 0 Å². The second-order valence-electron chi connectivity index (χ2n) is 5.71. The van der Waals surface area contributed by atoms with Crippen molar-refractivity contribution < 1.29 is 9.13 Å². The minimum absolute atomic E-state index is 0.134. The minimum atomic E-state index is -0.199. The molecule has 0 aliphatic carbocycles. The summed E-state index contributed by atoms with van der Waals surface area (Å²) in [5.41, 5.74) is 0.987. The predicted octanol–water partition coefficient (Wildman–Crippen LogP) is 3.60. The Bertz CT molecular complexity index is 649. The molecule has 2 unspecified atom stereocenters. The number of hydrogen-bond acceptors (Lipinski definition) is 4. The Kier molecular flexibility index (Phi) is 4.22. The smallest absolute Gasteiger partial charge is 0.218 e.